The summed E-state index contributed by atoms with van der Waals surface area (Å²) in [7, 11) is 0. The van der Waals surface area contributed by atoms with Crippen molar-refractivity contribution in [3.63, 3.8) is 0 Å². The molecule has 0 radical (unpaired) electrons. The van der Waals surface area contributed by atoms with Crippen LogP contribution in [0.25, 0.3) is 96.7 Å². The van der Waals surface area contributed by atoms with Crippen molar-refractivity contribution in [1.82, 2.24) is 9.13 Å². The van der Waals surface area contributed by atoms with E-state index in [0.29, 0.717) is 0 Å². The molecule has 0 aliphatic heterocycles. The highest BCUT2D eigenvalue weighted by molar-refractivity contribution is 7.27. The Kier molecular flexibility index (Phi) is 9.41. The summed E-state index contributed by atoms with van der Waals surface area (Å²) in [5.74, 6) is 0. The molecule has 0 amide bonds. The maximum atomic E-state index is 2.48. The molecule has 0 N–H and O–H groups in total. The summed E-state index contributed by atoms with van der Waals surface area (Å²) in [6.07, 6.45) is 0. The zero-order valence-corrected chi connectivity index (χ0v) is 40.4. The fraction of sp³-hybridized carbons (Fsp3) is 0. The molecular formula is C68H44N4S. The van der Waals surface area contributed by atoms with Gasteiger partial charge < -0.3 is 18.9 Å². The van der Waals surface area contributed by atoms with E-state index in [1.54, 1.807) is 0 Å². The number of aromatic nitrogens is 2. The Bertz CT molecular complexity index is 4240. The Balaban J connectivity index is 1.04. The van der Waals surface area contributed by atoms with Crippen molar-refractivity contribution in [3.8, 4) is 11.4 Å². The monoisotopic (exact) mass is 948 g/mol. The number of fused-ring (bicyclic) bond motifs is 13. The predicted molar refractivity (Wildman–Crippen MR) is 312 cm³/mol. The van der Waals surface area contributed by atoms with Crippen molar-refractivity contribution in [2.45, 2.75) is 0 Å². The van der Waals surface area contributed by atoms with E-state index in [-0.39, 0.29) is 0 Å². The molecule has 0 saturated carbocycles. The van der Waals surface area contributed by atoms with Crippen molar-refractivity contribution in [2.75, 3.05) is 9.80 Å². The lowest BCUT2D eigenvalue weighted by Gasteiger charge is -2.25. The van der Waals surface area contributed by atoms with Crippen LogP contribution in [-0.4, -0.2) is 9.13 Å². The molecule has 12 aromatic carbocycles. The van der Waals surface area contributed by atoms with Gasteiger partial charge in [-0.25, -0.2) is 0 Å². The van der Waals surface area contributed by atoms with E-state index in [1.165, 1.54) is 85.3 Å². The minimum absolute atomic E-state index is 1.11. The van der Waals surface area contributed by atoms with E-state index < -0.39 is 0 Å². The average molecular weight is 949 g/mol. The summed E-state index contributed by atoms with van der Waals surface area (Å²) in [5, 5.41) is 12.4. The summed E-state index contributed by atoms with van der Waals surface area (Å²) < 4.78 is 7.53. The van der Waals surface area contributed by atoms with Gasteiger partial charge >= 0.3 is 0 Å². The third-order valence-electron chi connectivity index (χ3n) is 14.8. The Labute approximate surface area is 425 Å². The molecule has 73 heavy (non-hydrogen) atoms. The second-order valence-corrected chi connectivity index (χ2v) is 19.9. The number of benzene rings is 12. The summed E-state index contributed by atoms with van der Waals surface area (Å²) in [6, 6.07) is 97.6. The average Bonchev–Trinajstić information content (AvgIpc) is 4.11. The summed E-state index contributed by atoms with van der Waals surface area (Å²) >= 11 is 1.93. The molecule has 15 rings (SSSR count). The zero-order valence-electron chi connectivity index (χ0n) is 39.6. The second-order valence-electron chi connectivity index (χ2n) is 18.9. The molecule has 15 aromatic rings. The molecule has 0 spiro atoms. The standard InChI is InChI=1S/C68H44N4S/c1-5-21-49(22-6-1)69(50-23-7-2-8-24-50)55-33-37-61-59(43-55)65-63(71(61)53-31-29-45-17-13-15-19-47(45)41-53)39-35-57-58-36-40-64-66(68(58)73-67(57)65)60-44-56(70(51-25-9-3-10-26-51)52-27-11-4-12-28-52)34-38-62(60)72(64)54-32-30-46-18-14-16-20-48(46)42-54/h1-44H. The van der Waals surface area contributed by atoms with Gasteiger partial charge in [0.05, 0.1) is 22.1 Å². The van der Waals surface area contributed by atoms with E-state index in [4.69, 9.17) is 0 Å². The SMILES string of the molecule is c1ccc(N(c2ccccc2)c2ccc3c(c2)c2c4sc5c(ccc6c5c5cc(N(c7ccccc7)c7ccccc7)ccc5n6-c5ccc6ccccc6c5)c4ccc2n3-c2ccc3ccccc3c2)cc1. The van der Waals surface area contributed by atoms with Gasteiger partial charge in [-0.15, -0.1) is 11.3 Å². The molecule has 0 fully saturated rings. The van der Waals surface area contributed by atoms with Crippen LogP contribution in [-0.2, 0) is 0 Å². The molecule has 0 bridgehead atoms. The fourth-order valence-electron chi connectivity index (χ4n) is 11.5. The van der Waals surface area contributed by atoms with Gasteiger partial charge in [-0.1, -0.05) is 146 Å². The van der Waals surface area contributed by atoms with E-state index >= 15 is 0 Å². The maximum absolute atomic E-state index is 2.48. The Morgan fingerprint density at radius 3 is 0.973 bits per heavy atom. The van der Waals surface area contributed by atoms with Gasteiger partial charge in [0.15, 0.2) is 0 Å². The quantitative estimate of drug-likeness (QED) is 0.151. The van der Waals surface area contributed by atoms with Gasteiger partial charge in [0.25, 0.3) is 0 Å². The van der Waals surface area contributed by atoms with Gasteiger partial charge in [-0.05, 0) is 143 Å². The summed E-state index contributed by atoms with van der Waals surface area (Å²) in [6.45, 7) is 0. The molecule has 4 nitrogen and oxygen atoms in total. The van der Waals surface area contributed by atoms with Crippen LogP contribution in [0.4, 0.5) is 34.1 Å². The highest BCUT2D eigenvalue weighted by atomic mass is 32.1. The Morgan fingerprint density at radius 2 is 0.589 bits per heavy atom. The van der Waals surface area contributed by atoms with Gasteiger partial charge in [-0.2, -0.15) is 0 Å². The molecule has 342 valence electrons. The normalized spacial score (nSPS) is 11.8. The van der Waals surface area contributed by atoms with Crippen molar-refractivity contribution in [2.24, 2.45) is 0 Å². The van der Waals surface area contributed by atoms with Gasteiger partial charge in [0.1, 0.15) is 0 Å². The number of thiophene rings is 1. The molecule has 0 aliphatic rings. The van der Waals surface area contributed by atoms with Crippen LogP contribution in [0, 0.1) is 0 Å². The number of hydrogen-bond acceptors (Lipinski definition) is 3. The topological polar surface area (TPSA) is 16.3 Å². The number of rotatable bonds is 8. The van der Waals surface area contributed by atoms with Crippen LogP contribution < -0.4 is 9.80 Å². The Hall–Kier alpha value is -9.42. The van der Waals surface area contributed by atoms with E-state index in [0.717, 1.165) is 45.5 Å². The maximum Gasteiger partial charge on any atom is 0.0555 e. The largest absolute Gasteiger partial charge is 0.310 e. The molecule has 0 saturated heterocycles. The van der Waals surface area contributed by atoms with E-state index in [2.05, 4.69) is 286 Å². The number of anilines is 6. The van der Waals surface area contributed by atoms with Crippen LogP contribution in [0.5, 0.6) is 0 Å². The van der Waals surface area contributed by atoms with Crippen molar-refractivity contribution in [1.29, 1.82) is 0 Å². The van der Waals surface area contributed by atoms with Gasteiger partial charge in [0, 0.05) is 87.2 Å². The fourth-order valence-corrected chi connectivity index (χ4v) is 13.0. The highest BCUT2D eigenvalue weighted by Crippen LogP contribution is 2.50. The molecule has 3 heterocycles. The molecule has 0 aliphatic carbocycles. The van der Waals surface area contributed by atoms with Gasteiger partial charge in [0.2, 0.25) is 0 Å². The smallest absolute Gasteiger partial charge is 0.0555 e. The van der Waals surface area contributed by atoms with Gasteiger partial charge in [-0.3, -0.25) is 0 Å². The highest BCUT2D eigenvalue weighted by Gasteiger charge is 2.24. The predicted octanol–water partition coefficient (Wildman–Crippen LogP) is 19.5. The molecule has 5 heteroatoms. The minimum atomic E-state index is 1.11. The first-order valence-electron chi connectivity index (χ1n) is 24.9. The summed E-state index contributed by atoms with van der Waals surface area (Å²) in [5.41, 5.74) is 13.7. The number of nitrogens with zero attached hydrogens (tertiary/aromatic N) is 4. The lowest BCUT2D eigenvalue weighted by atomic mass is 10.0. The summed E-state index contributed by atoms with van der Waals surface area (Å²) in [4.78, 5) is 4.75. The van der Waals surface area contributed by atoms with Crippen LogP contribution in [0.15, 0.2) is 267 Å². The van der Waals surface area contributed by atoms with Crippen molar-refractivity contribution < 1.29 is 0 Å². The first-order chi connectivity index (χ1) is 36.2. The molecule has 0 unspecified atom stereocenters. The lowest BCUT2D eigenvalue weighted by Crippen LogP contribution is -2.09. The minimum Gasteiger partial charge on any atom is -0.310 e. The van der Waals surface area contributed by atoms with Crippen LogP contribution in [0.2, 0.25) is 0 Å². The first-order valence-corrected chi connectivity index (χ1v) is 25.7. The molecular weight excluding hydrogens is 905 g/mol. The van der Waals surface area contributed by atoms with Crippen LogP contribution in [0.1, 0.15) is 0 Å². The molecule has 0 atom stereocenters. The number of para-hydroxylation sites is 4. The second kappa shape index (κ2) is 16.6. The third kappa shape index (κ3) is 6.60. The van der Waals surface area contributed by atoms with E-state index in [1.807, 2.05) is 11.3 Å². The van der Waals surface area contributed by atoms with Crippen LogP contribution >= 0.6 is 11.3 Å². The first kappa shape index (κ1) is 41.4. The Morgan fingerprint density at radius 1 is 0.247 bits per heavy atom. The van der Waals surface area contributed by atoms with Crippen molar-refractivity contribution >= 4 is 131 Å². The zero-order chi connectivity index (χ0) is 48.0. The third-order valence-corrected chi connectivity index (χ3v) is 16.0. The van der Waals surface area contributed by atoms with E-state index in [9.17, 15) is 0 Å². The number of hydrogen-bond donors (Lipinski definition) is 0. The van der Waals surface area contributed by atoms with Crippen molar-refractivity contribution in [3.05, 3.63) is 267 Å². The molecule has 3 aromatic heterocycles. The lowest BCUT2D eigenvalue weighted by molar-refractivity contribution is 1.18. The van der Waals surface area contributed by atoms with Crippen LogP contribution in [0.3, 0.4) is 0 Å².